The lowest BCUT2D eigenvalue weighted by molar-refractivity contribution is 0.482. The van der Waals surface area contributed by atoms with Crippen molar-refractivity contribution in [2.45, 2.75) is 33.9 Å². The minimum Gasteiger partial charge on any atom is -0.296 e. The zero-order valence-electron chi connectivity index (χ0n) is 11.2. The van der Waals surface area contributed by atoms with Crippen LogP contribution in [-0.2, 0) is 13.1 Å². The highest BCUT2D eigenvalue weighted by Crippen LogP contribution is 2.09. The van der Waals surface area contributed by atoms with Crippen molar-refractivity contribution in [3.05, 3.63) is 47.0 Å². The third-order valence-corrected chi connectivity index (χ3v) is 2.43. The molecule has 1 aromatic carbocycles. The second kappa shape index (κ2) is 9.76. The first kappa shape index (κ1) is 15.6. The number of nitrogens with zero attached hydrogens (tertiary/aromatic N) is 1. The Morgan fingerprint density at radius 2 is 1.88 bits per heavy atom. The van der Waals surface area contributed by atoms with Gasteiger partial charge in [0.05, 0.1) is 0 Å². The van der Waals surface area contributed by atoms with Crippen LogP contribution in [-0.4, -0.2) is 13.3 Å². The molecule has 0 aliphatic rings. The number of aryl methyl sites for hydroxylation is 1. The smallest absolute Gasteiger partial charge is 0.115 e. The summed E-state index contributed by atoms with van der Waals surface area (Å²) in [6.45, 7) is 5.71. The Morgan fingerprint density at radius 3 is 2.18 bits per heavy atom. The van der Waals surface area contributed by atoms with Gasteiger partial charge >= 0.3 is 0 Å². The van der Waals surface area contributed by atoms with Gasteiger partial charge in [-0.25, -0.2) is 4.39 Å². The zero-order valence-corrected chi connectivity index (χ0v) is 11.2. The van der Waals surface area contributed by atoms with Crippen LogP contribution in [0, 0.1) is 0 Å². The second-order valence-corrected chi connectivity index (χ2v) is 3.68. The first-order valence-electron chi connectivity index (χ1n) is 5.87. The fraction of sp³-hybridized carbons (Fsp3) is 0.400. The van der Waals surface area contributed by atoms with Gasteiger partial charge in [-0.1, -0.05) is 37.3 Å². The van der Waals surface area contributed by atoms with E-state index in [1.807, 2.05) is 57.3 Å². The van der Waals surface area contributed by atoms with Crippen molar-refractivity contribution in [3.8, 4) is 0 Å². The molecule has 94 valence electrons. The number of alkyl halides is 1. The summed E-state index contributed by atoms with van der Waals surface area (Å²) in [7, 11) is 1.77. The Bertz CT molecular complexity index is 344. The molecule has 0 aliphatic carbocycles. The average Bonchev–Trinajstić information content (AvgIpc) is 2.39. The van der Waals surface area contributed by atoms with Crippen molar-refractivity contribution >= 4 is 6.21 Å². The van der Waals surface area contributed by atoms with Crippen LogP contribution in [0.25, 0.3) is 0 Å². The number of allylic oxidation sites excluding steroid dienone is 2. The highest BCUT2D eigenvalue weighted by atomic mass is 19.1. The van der Waals surface area contributed by atoms with Gasteiger partial charge in [-0.05, 0) is 37.0 Å². The van der Waals surface area contributed by atoms with E-state index in [2.05, 4.69) is 4.99 Å². The standard InChI is InChI=1S/C9H11F.C6H11N/c1-2-8-5-3-4-6-9(8)7-10;1-4-6(2)5-7-3/h3-6H,2,7H2,1H3;4-5H,1-3H3/b;6-4-,7-5?. The van der Waals surface area contributed by atoms with Gasteiger partial charge in [0.2, 0.25) is 0 Å². The number of hydrogen-bond acceptors (Lipinski definition) is 1. The van der Waals surface area contributed by atoms with E-state index in [4.69, 9.17) is 0 Å². The molecule has 0 radical (unpaired) electrons. The largest absolute Gasteiger partial charge is 0.296 e. The van der Waals surface area contributed by atoms with Gasteiger partial charge in [-0.15, -0.1) is 0 Å². The highest BCUT2D eigenvalue weighted by molar-refractivity contribution is 5.77. The summed E-state index contributed by atoms with van der Waals surface area (Å²) in [5.74, 6) is 0. The predicted molar refractivity (Wildman–Crippen MR) is 74.5 cm³/mol. The molecule has 0 N–H and O–H groups in total. The topological polar surface area (TPSA) is 12.4 Å². The van der Waals surface area contributed by atoms with Crippen molar-refractivity contribution in [2.75, 3.05) is 7.05 Å². The van der Waals surface area contributed by atoms with Crippen LogP contribution in [0.2, 0.25) is 0 Å². The quantitative estimate of drug-likeness (QED) is 0.690. The maximum absolute atomic E-state index is 12.2. The van der Waals surface area contributed by atoms with E-state index in [1.54, 1.807) is 7.05 Å². The third-order valence-electron chi connectivity index (χ3n) is 2.43. The SMILES string of the molecule is C/C=C(/C)C=NC.CCc1ccccc1CF. The molecule has 0 atom stereocenters. The summed E-state index contributed by atoms with van der Waals surface area (Å²) in [5, 5.41) is 0. The van der Waals surface area contributed by atoms with E-state index in [0.717, 1.165) is 17.5 Å². The zero-order chi connectivity index (χ0) is 13.1. The Morgan fingerprint density at radius 1 is 1.29 bits per heavy atom. The summed E-state index contributed by atoms with van der Waals surface area (Å²) in [6, 6.07) is 7.61. The van der Waals surface area contributed by atoms with E-state index in [1.165, 1.54) is 5.57 Å². The first-order chi connectivity index (χ1) is 8.19. The number of rotatable bonds is 3. The van der Waals surface area contributed by atoms with Crippen LogP contribution in [0.15, 0.2) is 40.9 Å². The normalized spacial score (nSPS) is 11.2. The van der Waals surface area contributed by atoms with Crippen LogP contribution in [0.3, 0.4) is 0 Å². The molecule has 0 amide bonds. The molecule has 0 aliphatic heterocycles. The van der Waals surface area contributed by atoms with Crippen molar-refractivity contribution in [1.82, 2.24) is 0 Å². The minimum atomic E-state index is -0.343. The van der Waals surface area contributed by atoms with Crippen LogP contribution in [0.4, 0.5) is 4.39 Å². The number of hydrogen-bond donors (Lipinski definition) is 0. The summed E-state index contributed by atoms with van der Waals surface area (Å²) >= 11 is 0. The van der Waals surface area contributed by atoms with Crippen molar-refractivity contribution in [2.24, 2.45) is 4.99 Å². The van der Waals surface area contributed by atoms with Crippen molar-refractivity contribution in [1.29, 1.82) is 0 Å². The molecule has 0 bridgehead atoms. The molecule has 1 nitrogen and oxygen atoms in total. The van der Waals surface area contributed by atoms with E-state index in [9.17, 15) is 4.39 Å². The summed E-state index contributed by atoms with van der Waals surface area (Å²) in [5.41, 5.74) is 3.15. The van der Waals surface area contributed by atoms with Gasteiger partial charge in [-0.2, -0.15) is 0 Å². The Kier molecular flexibility index (Phi) is 8.94. The third kappa shape index (κ3) is 6.67. The maximum atomic E-state index is 12.2. The maximum Gasteiger partial charge on any atom is 0.115 e. The van der Waals surface area contributed by atoms with Crippen molar-refractivity contribution in [3.63, 3.8) is 0 Å². The molecule has 17 heavy (non-hydrogen) atoms. The molecule has 0 spiro atoms. The highest BCUT2D eigenvalue weighted by Gasteiger charge is 1.95. The van der Waals surface area contributed by atoms with Gasteiger partial charge < -0.3 is 0 Å². The van der Waals surface area contributed by atoms with E-state index in [0.29, 0.717) is 0 Å². The van der Waals surface area contributed by atoms with Crippen LogP contribution < -0.4 is 0 Å². The molecule has 0 saturated carbocycles. The molecular weight excluding hydrogens is 213 g/mol. The summed E-state index contributed by atoms with van der Waals surface area (Å²) in [6.07, 6.45) is 4.77. The van der Waals surface area contributed by atoms with E-state index >= 15 is 0 Å². The predicted octanol–water partition coefficient (Wildman–Crippen LogP) is 4.37. The summed E-state index contributed by atoms with van der Waals surface area (Å²) in [4.78, 5) is 3.81. The number of benzene rings is 1. The molecular formula is C15H22FN. The average molecular weight is 235 g/mol. The molecule has 0 aromatic heterocycles. The first-order valence-corrected chi connectivity index (χ1v) is 5.87. The molecule has 1 aromatic rings. The molecule has 0 fully saturated rings. The van der Waals surface area contributed by atoms with Gasteiger partial charge in [0.25, 0.3) is 0 Å². The Balaban J connectivity index is 0.000000325. The fourth-order valence-corrected chi connectivity index (χ4v) is 1.31. The summed E-state index contributed by atoms with van der Waals surface area (Å²) < 4.78 is 12.2. The molecule has 0 unspecified atom stereocenters. The lowest BCUT2D eigenvalue weighted by atomic mass is 10.1. The van der Waals surface area contributed by atoms with E-state index in [-0.39, 0.29) is 6.67 Å². The Labute approximate surface area is 104 Å². The lowest BCUT2D eigenvalue weighted by Crippen LogP contribution is -1.87. The van der Waals surface area contributed by atoms with Gasteiger partial charge in [-0.3, -0.25) is 4.99 Å². The number of aliphatic imine (C=N–C) groups is 1. The molecule has 0 saturated heterocycles. The van der Waals surface area contributed by atoms with Gasteiger partial charge in [0.1, 0.15) is 6.67 Å². The minimum absolute atomic E-state index is 0.343. The molecule has 0 heterocycles. The monoisotopic (exact) mass is 235 g/mol. The van der Waals surface area contributed by atoms with Crippen molar-refractivity contribution < 1.29 is 4.39 Å². The Hall–Kier alpha value is -1.44. The lowest BCUT2D eigenvalue weighted by Gasteiger charge is -2.00. The van der Waals surface area contributed by atoms with Crippen LogP contribution in [0.5, 0.6) is 0 Å². The van der Waals surface area contributed by atoms with E-state index < -0.39 is 0 Å². The molecule has 1 rings (SSSR count). The van der Waals surface area contributed by atoms with Gasteiger partial charge in [0, 0.05) is 13.3 Å². The van der Waals surface area contributed by atoms with Gasteiger partial charge in [0.15, 0.2) is 0 Å². The van der Waals surface area contributed by atoms with Crippen LogP contribution >= 0.6 is 0 Å². The molecule has 2 heteroatoms. The second-order valence-electron chi connectivity index (χ2n) is 3.68. The van der Waals surface area contributed by atoms with Crippen LogP contribution in [0.1, 0.15) is 31.9 Å². The number of halogens is 1. The fourth-order valence-electron chi connectivity index (χ4n) is 1.31.